The molecule has 0 bridgehead atoms. The van der Waals surface area contributed by atoms with E-state index >= 15 is 0 Å². The summed E-state index contributed by atoms with van der Waals surface area (Å²) in [5, 5.41) is 2.83. The average Bonchev–Trinajstić information content (AvgIpc) is 2.69. The molecule has 0 aliphatic rings. The monoisotopic (exact) mass is 388 g/mol. The first-order chi connectivity index (χ1) is 13.4. The maximum atomic E-state index is 12.7. The predicted molar refractivity (Wildman–Crippen MR) is 114 cm³/mol. The van der Waals surface area contributed by atoms with Crippen LogP contribution in [0.3, 0.4) is 0 Å². The van der Waals surface area contributed by atoms with Gasteiger partial charge in [-0.25, -0.2) is 0 Å². The van der Waals surface area contributed by atoms with Gasteiger partial charge in [0, 0.05) is 17.9 Å². The molecule has 0 aliphatic heterocycles. The molecule has 2 atom stereocenters. The van der Waals surface area contributed by atoms with Crippen LogP contribution >= 0.6 is 0 Å². The molecule has 2 unspecified atom stereocenters. The van der Waals surface area contributed by atoms with Gasteiger partial charge >= 0.3 is 0 Å². The summed E-state index contributed by atoms with van der Waals surface area (Å²) in [6.07, 6.45) is 3.74. The Kier molecular flexibility index (Phi) is 10.8. The van der Waals surface area contributed by atoms with Crippen molar-refractivity contribution in [1.29, 1.82) is 0 Å². The molecule has 0 aliphatic carbocycles. The van der Waals surface area contributed by atoms with Crippen LogP contribution in [0.2, 0.25) is 0 Å². The minimum Gasteiger partial charge on any atom is -0.368 e. The smallest absolute Gasteiger partial charge is 0.255 e. The lowest BCUT2D eigenvalue weighted by Gasteiger charge is -2.25. The SMILES string of the molecule is C=CCCOC(C)C(=O)Nc1cccc(N(CC)C(=O)C(C)OCCC=C)c1. The molecule has 0 spiro atoms. The van der Waals surface area contributed by atoms with Crippen LogP contribution in [0.15, 0.2) is 49.6 Å². The number of ether oxygens (including phenoxy) is 2. The molecule has 154 valence electrons. The molecule has 0 saturated carbocycles. The lowest BCUT2D eigenvalue weighted by Crippen LogP contribution is -2.39. The number of likely N-dealkylation sites (N-methyl/N-ethyl adjacent to an activating group) is 1. The molecule has 1 N–H and O–H groups in total. The highest BCUT2D eigenvalue weighted by molar-refractivity contribution is 5.98. The summed E-state index contributed by atoms with van der Waals surface area (Å²) in [4.78, 5) is 26.6. The van der Waals surface area contributed by atoms with Crippen molar-refractivity contribution in [3.05, 3.63) is 49.6 Å². The summed E-state index contributed by atoms with van der Waals surface area (Å²) < 4.78 is 11.0. The standard InChI is InChI=1S/C22H32N2O4/c1-6-9-14-27-17(4)21(25)23-19-12-11-13-20(16-19)24(8-3)22(26)18(5)28-15-10-7-2/h6-7,11-13,16-18H,1-2,8-10,14-15H2,3-5H3,(H,23,25). The van der Waals surface area contributed by atoms with E-state index in [1.807, 2.05) is 13.0 Å². The van der Waals surface area contributed by atoms with Crippen molar-refractivity contribution < 1.29 is 19.1 Å². The van der Waals surface area contributed by atoms with Gasteiger partial charge < -0.3 is 19.7 Å². The van der Waals surface area contributed by atoms with Gasteiger partial charge in [-0.05, 0) is 51.8 Å². The minimum absolute atomic E-state index is 0.129. The normalized spacial score (nSPS) is 12.7. The summed E-state index contributed by atoms with van der Waals surface area (Å²) in [6.45, 7) is 14.0. The Morgan fingerprint density at radius 1 is 1.11 bits per heavy atom. The Hall–Kier alpha value is -2.44. The van der Waals surface area contributed by atoms with Crippen molar-refractivity contribution in [2.75, 3.05) is 30.0 Å². The topological polar surface area (TPSA) is 67.9 Å². The van der Waals surface area contributed by atoms with E-state index in [0.29, 0.717) is 44.0 Å². The van der Waals surface area contributed by atoms with Gasteiger partial charge in [0.05, 0.1) is 13.2 Å². The summed E-state index contributed by atoms with van der Waals surface area (Å²) in [5.41, 5.74) is 1.30. The van der Waals surface area contributed by atoms with Crippen LogP contribution in [0, 0.1) is 0 Å². The van der Waals surface area contributed by atoms with E-state index in [9.17, 15) is 9.59 Å². The third-order valence-electron chi connectivity index (χ3n) is 4.10. The van der Waals surface area contributed by atoms with Crippen LogP contribution in [0.4, 0.5) is 11.4 Å². The fourth-order valence-corrected chi connectivity index (χ4v) is 2.48. The van der Waals surface area contributed by atoms with Gasteiger partial charge in [0.1, 0.15) is 12.2 Å². The zero-order valence-electron chi connectivity index (χ0n) is 17.1. The molecule has 6 nitrogen and oxygen atoms in total. The molecule has 1 rings (SSSR count). The molecule has 6 heteroatoms. The van der Waals surface area contributed by atoms with E-state index in [4.69, 9.17) is 9.47 Å². The van der Waals surface area contributed by atoms with Crippen LogP contribution in [-0.4, -0.2) is 43.8 Å². The third-order valence-corrected chi connectivity index (χ3v) is 4.10. The lowest BCUT2D eigenvalue weighted by atomic mass is 10.2. The molecule has 28 heavy (non-hydrogen) atoms. The molecule has 0 heterocycles. The molecule has 1 aromatic carbocycles. The number of carbonyl (C=O) groups is 2. The van der Waals surface area contributed by atoms with Gasteiger partial charge in [-0.15, -0.1) is 13.2 Å². The van der Waals surface area contributed by atoms with Gasteiger partial charge in [-0.2, -0.15) is 0 Å². The number of amides is 2. The van der Waals surface area contributed by atoms with E-state index in [2.05, 4.69) is 18.5 Å². The first-order valence-corrected chi connectivity index (χ1v) is 9.61. The zero-order valence-corrected chi connectivity index (χ0v) is 17.1. The molecule has 0 aromatic heterocycles. The van der Waals surface area contributed by atoms with Gasteiger partial charge in [-0.3, -0.25) is 9.59 Å². The number of carbonyl (C=O) groups excluding carboxylic acids is 2. The first kappa shape index (κ1) is 23.6. The Morgan fingerprint density at radius 2 is 1.71 bits per heavy atom. The van der Waals surface area contributed by atoms with Gasteiger partial charge in [0.2, 0.25) is 0 Å². The van der Waals surface area contributed by atoms with Crippen LogP contribution in [0.1, 0.15) is 33.6 Å². The molecule has 1 aromatic rings. The number of nitrogens with zero attached hydrogens (tertiary/aromatic N) is 1. The maximum Gasteiger partial charge on any atom is 0.255 e. The summed E-state index contributed by atoms with van der Waals surface area (Å²) in [6, 6.07) is 7.18. The van der Waals surface area contributed by atoms with Crippen molar-refractivity contribution in [3.63, 3.8) is 0 Å². The molecule has 2 amide bonds. The van der Waals surface area contributed by atoms with Gasteiger partial charge in [0.15, 0.2) is 0 Å². The second-order valence-corrected chi connectivity index (χ2v) is 6.30. The van der Waals surface area contributed by atoms with Gasteiger partial charge in [-0.1, -0.05) is 18.2 Å². The minimum atomic E-state index is -0.578. The van der Waals surface area contributed by atoms with Gasteiger partial charge in [0.25, 0.3) is 11.8 Å². The molecule has 0 fully saturated rings. The van der Waals surface area contributed by atoms with E-state index in [1.54, 1.807) is 49.1 Å². The number of rotatable bonds is 13. The number of anilines is 2. The lowest BCUT2D eigenvalue weighted by molar-refractivity contribution is -0.129. The van der Waals surface area contributed by atoms with Crippen LogP contribution in [0.5, 0.6) is 0 Å². The van der Waals surface area contributed by atoms with Crippen LogP contribution < -0.4 is 10.2 Å². The summed E-state index contributed by atoms with van der Waals surface area (Å²) >= 11 is 0. The van der Waals surface area contributed by atoms with Crippen molar-refractivity contribution in [2.45, 2.75) is 45.8 Å². The molecule has 0 radical (unpaired) electrons. The number of nitrogens with one attached hydrogen (secondary N) is 1. The Balaban J connectivity index is 2.78. The Bertz CT molecular complexity index is 660. The van der Waals surface area contributed by atoms with E-state index < -0.39 is 12.2 Å². The fourth-order valence-electron chi connectivity index (χ4n) is 2.48. The molecule has 0 saturated heterocycles. The average molecular weight is 389 g/mol. The van der Waals surface area contributed by atoms with Crippen LogP contribution in [-0.2, 0) is 19.1 Å². The Labute approximate surface area is 168 Å². The van der Waals surface area contributed by atoms with Crippen molar-refractivity contribution in [1.82, 2.24) is 0 Å². The summed E-state index contributed by atoms with van der Waals surface area (Å²) in [7, 11) is 0. The second kappa shape index (κ2) is 12.9. The highest BCUT2D eigenvalue weighted by Gasteiger charge is 2.22. The van der Waals surface area contributed by atoms with Crippen molar-refractivity contribution in [3.8, 4) is 0 Å². The van der Waals surface area contributed by atoms with Crippen molar-refractivity contribution >= 4 is 23.2 Å². The molecular formula is C22H32N2O4. The first-order valence-electron chi connectivity index (χ1n) is 9.61. The quantitative estimate of drug-likeness (QED) is 0.410. The Morgan fingerprint density at radius 3 is 2.29 bits per heavy atom. The number of hydrogen-bond acceptors (Lipinski definition) is 4. The second-order valence-electron chi connectivity index (χ2n) is 6.30. The fraction of sp³-hybridized carbons (Fsp3) is 0.455. The van der Waals surface area contributed by atoms with E-state index in [1.165, 1.54) is 0 Å². The number of benzene rings is 1. The predicted octanol–water partition coefficient (Wildman–Crippen LogP) is 3.94. The number of hydrogen-bond donors (Lipinski definition) is 1. The zero-order chi connectivity index (χ0) is 20.9. The van der Waals surface area contributed by atoms with E-state index in [0.717, 1.165) is 0 Å². The molecular weight excluding hydrogens is 356 g/mol. The van der Waals surface area contributed by atoms with Crippen molar-refractivity contribution in [2.24, 2.45) is 0 Å². The van der Waals surface area contributed by atoms with Crippen LogP contribution in [0.25, 0.3) is 0 Å². The maximum absolute atomic E-state index is 12.7. The summed E-state index contributed by atoms with van der Waals surface area (Å²) in [5.74, 6) is -0.368. The highest BCUT2D eigenvalue weighted by atomic mass is 16.5. The third kappa shape index (κ3) is 7.66. The van der Waals surface area contributed by atoms with E-state index in [-0.39, 0.29) is 11.8 Å². The largest absolute Gasteiger partial charge is 0.368 e. The highest BCUT2D eigenvalue weighted by Crippen LogP contribution is 2.21.